The van der Waals surface area contributed by atoms with Crippen molar-refractivity contribution in [2.75, 3.05) is 26.2 Å². The molecule has 0 radical (unpaired) electrons. The van der Waals surface area contributed by atoms with Gasteiger partial charge in [-0.05, 0) is 37.6 Å². The number of hydrogen-bond acceptors (Lipinski definition) is 6. The molecule has 32 heavy (non-hydrogen) atoms. The summed E-state index contributed by atoms with van der Waals surface area (Å²) in [6.07, 6.45) is 1.42. The summed E-state index contributed by atoms with van der Waals surface area (Å²) in [5, 5.41) is 1.25. The molecular formula is C23H28N2O5S2. The van der Waals surface area contributed by atoms with Gasteiger partial charge in [0.05, 0.1) is 17.4 Å². The second-order valence-electron chi connectivity index (χ2n) is 8.31. The van der Waals surface area contributed by atoms with E-state index in [4.69, 9.17) is 4.74 Å². The van der Waals surface area contributed by atoms with Gasteiger partial charge in [0, 0.05) is 30.3 Å². The molecule has 1 amide bonds. The van der Waals surface area contributed by atoms with E-state index in [1.54, 1.807) is 30.0 Å². The number of likely N-dealkylation sites (tertiary alicyclic amines) is 1. The van der Waals surface area contributed by atoms with Crippen molar-refractivity contribution >= 4 is 45.3 Å². The lowest BCUT2D eigenvalue weighted by Gasteiger charge is -2.34. The Morgan fingerprint density at radius 3 is 2.50 bits per heavy atom. The van der Waals surface area contributed by atoms with Crippen molar-refractivity contribution in [2.24, 2.45) is 5.92 Å². The molecule has 0 saturated carbocycles. The van der Waals surface area contributed by atoms with Gasteiger partial charge in [-0.15, -0.1) is 0 Å². The number of carbonyl (C=O) groups is 2. The zero-order chi connectivity index (χ0) is 22.9. The SMILES string of the molecule is CCOC(=O)C1CCN(C(=O)[C@@H]2C[C@H](S)CN2S(=O)(=O)c2cccc3ccccc23)CC1. The third-order valence-electron chi connectivity index (χ3n) is 6.28. The van der Waals surface area contributed by atoms with Crippen LogP contribution >= 0.6 is 12.6 Å². The second kappa shape index (κ2) is 9.41. The van der Waals surface area contributed by atoms with Crippen LogP contribution in [0.4, 0.5) is 0 Å². The minimum Gasteiger partial charge on any atom is -0.466 e. The lowest BCUT2D eigenvalue weighted by Crippen LogP contribution is -2.50. The summed E-state index contributed by atoms with van der Waals surface area (Å²) in [4.78, 5) is 27.3. The number of ether oxygens (including phenoxy) is 1. The molecule has 4 rings (SSSR count). The molecule has 0 unspecified atom stereocenters. The van der Waals surface area contributed by atoms with Gasteiger partial charge < -0.3 is 9.64 Å². The fourth-order valence-electron chi connectivity index (χ4n) is 4.63. The maximum atomic E-state index is 13.7. The highest BCUT2D eigenvalue weighted by atomic mass is 32.2. The molecule has 2 aromatic carbocycles. The van der Waals surface area contributed by atoms with Crippen molar-refractivity contribution in [1.82, 2.24) is 9.21 Å². The molecule has 2 aliphatic rings. The molecule has 0 aromatic heterocycles. The van der Waals surface area contributed by atoms with Gasteiger partial charge in [0.25, 0.3) is 0 Å². The summed E-state index contributed by atoms with van der Waals surface area (Å²) >= 11 is 4.51. The van der Waals surface area contributed by atoms with Crippen molar-refractivity contribution in [3.05, 3.63) is 42.5 Å². The van der Waals surface area contributed by atoms with Crippen molar-refractivity contribution < 1.29 is 22.7 Å². The first-order valence-electron chi connectivity index (χ1n) is 11.0. The van der Waals surface area contributed by atoms with E-state index in [1.807, 2.05) is 24.3 Å². The number of esters is 1. The highest BCUT2D eigenvalue weighted by molar-refractivity contribution is 7.89. The molecule has 0 N–H and O–H groups in total. The van der Waals surface area contributed by atoms with Gasteiger partial charge in [-0.25, -0.2) is 8.42 Å². The van der Waals surface area contributed by atoms with Gasteiger partial charge in [0.2, 0.25) is 15.9 Å². The zero-order valence-electron chi connectivity index (χ0n) is 18.0. The predicted octanol–water partition coefficient (Wildman–Crippen LogP) is 2.70. The van der Waals surface area contributed by atoms with Crippen LogP contribution in [0.15, 0.2) is 47.4 Å². The molecular weight excluding hydrogens is 448 g/mol. The molecule has 7 nitrogen and oxygen atoms in total. The van der Waals surface area contributed by atoms with Crippen LogP contribution in [-0.4, -0.2) is 67.0 Å². The topological polar surface area (TPSA) is 84.0 Å². The first kappa shape index (κ1) is 23.1. The maximum Gasteiger partial charge on any atom is 0.309 e. The van der Waals surface area contributed by atoms with E-state index in [-0.39, 0.29) is 34.5 Å². The molecule has 2 saturated heterocycles. The maximum absolute atomic E-state index is 13.7. The minimum absolute atomic E-state index is 0.185. The van der Waals surface area contributed by atoms with E-state index in [1.165, 1.54) is 4.31 Å². The minimum atomic E-state index is -3.90. The molecule has 2 fully saturated rings. The average Bonchev–Trinajstić information content (AvgIpc) is 3.21. The number of fused-ring (bicyclic) bond motifs is 1. The van der Waals surface area contributed by atoms with E-state index in [0.29, 0.717) is 44.3 Å². The standard InChI is InChI=1S/C23H28N2O5S2/c1-2-30-23(27)17-10-12-24(13-11-17)22(26)20-14-18(31)15-25(20)32(28,29)21-9-5-7-16-6-3-4-8-19(16)21/h3-9,17-18,20,31H,2,10-15H2,1H3/t18-,20-/m0/s1. The summed E-state index contributed by atoms with van der Waals surface area (Å²) in [6, 6.07) is 11.7. The number of nitrogens with zero attached hydrogens (tertiary/aromatic N) is 2. The number of amides is 1. The summed E-state index contributed by atoms with van der Waals surface area (Å²) in [5.41, 5.74) is 0. The fraction of sp³-hybridized carbons (Fsp3) is 0.478. The second-order valence-corrected chi connectivity index (χ2v) is 10.9. The zero-order valence-corrected chi connectivity index (χ0v) is 19.7. The van der Waals surface area contributed by atoms with E-state index < -0.39 is 16.1 Å². The number of rotatable bonds is 5. The Hall–Kier alpha value is -2.10. The van der Waals surface area contributed by atoms with Gasteiger partial charge in [-0.1, -0.05) is 36.4 Å². The molecule has 0 bridgehead atoms. The number of benzene rings is 2. The lowest BCUT2D eigenvalue weighted by atomic mass is 9.96. The monoisotopic (exact) mass is 476 g/mol. The quantitative estimate of drug-likeness (QED) is 0.530. The van der Waals surface area contributed by atoms with Crippen LogP contribution in [0.25, 0.3) is 10.8 Å². The van der Waals surface area contributed by atoms with Gasteiger partial charge in [0.15, 0.2) is 0 Å². The summed E-state index contributed by atoms with van der Waals surface area (Å²) in [6.45, 7) is 3.13. The number of piperidine rings is 1. The van der Waals surface area contributed by atoms with Crippen LogP contribution < -0.4 is 0 Å². The Morgan fingerprint density at radius 1 is 1.09 bits per heavy atom. The van der Waals surface area contributed by atoms with Crippen LogP contribution in [-0.2, 0) is 24.3 Å². The Kier molecular flexibility index (Phi) is 6.78. The number of hydrogen-bond donors (Lipinski definition) is 1. The van der Waals surface area contributed by atoms with Crippen LogP contribution in [0.1, 0.15) is 26.2 Å². The third-order valence-corrected chi connectivity index (χ3v) is 8.59. The Bertz CT molecular complexity index is 1110. The molecule has 2 aromatic rings. The molecule has 9 heteroatoms. The first-order chi connectivity index (χ1) is 15.3. The number of sulfonamides is 1. The van der Waals surface area contributed by atoms with Crippen molar-refractivity contribution in [1.29, 1.82) is 0 Å². The van der Waals surface area contributed by atoms with E-state index >= 15 is 0 Å². The van der Waals surface area contributed by atoms with Crippen LogP contribution in [0.3, 0.4) is 0 Å². The first-order valence-corrected chi connectivity index (χ1v) is 12.9. The number of carbonyl (C=O) groups excluding carboxylic acids is 2. The lowest BCUT2D eigenvalue weighted by molar-refractivity contribution is -0.151. The van der Waals surface area contributed by atoms with Crippen LogP contribution in [0, 0.1) is 5.92 Å². The van der Waals surface area contributed by atoms with Crippen LogP contribution in [0.2, 0.25) is 0 Å². The Labute approximate surface area is 194 Å². The molecule has 172 valence electrons. The highest BCUT2D eigenvalue weighted by Crippen LogP contribution is 2.33. The molecule has 2 atom stereocenters. The normalized spacial score (nSPS) is 22.9. The van der Waals surface area contributed by atoms with Gasteiger partial charge in [-0.3, -0.25) is 9.59 Å². The smallest absolute Gasteiger partial charge is 0.309 e. The van der Waals surface area contributed by atoms with Crippen LogP contribution in [0.5, 0.6) is 0 Å². The van der Waals surface area contributed by atoms with E-state index in [9.17, 15) is 18.0 Å². The summed E-state index contributed by atoms with van der Waals surface area (Å²) in [7, 11) is -3.90. The van der Waals surface area contributed by atoms with E-state index in [0.717, 1.165) is 5.39 Å². The Morgan fingerprint density at radius 2 is 1.78 bits per heavy atom. The van der Waals surface area contributed by atoms with E-state index in [2.05, 4.69) is 12.6 Å². The third kappa shape index (κ3) is 4.38. The van der Waals surface area contributed by atoms with Crippen molar-refractivity contribution in [3.63, 3.8) is 0 Å². The van der Waals surface area contributed by atoms with Gasteiger partial charge >= 0.3 is 5.97 Å². The highest BCUT2D eigenvalue weighted by Gasteiger charge is 2.45. The van der Waals surface area contributed by atoms with Crippen molar-refractivity contribution in [2.45, 2.75) is 42.4 Å². The van der Waals surface area contributed by atoms with Crippen molar-refractivity contribution in [3.8, 4) is 0 Å². The largest absolute Gasteiger partial charge is 0.466 e. The fourth-order valence-corrected chi connectivity index (χ4v) is 6.97. The summed E-state index contributed by atoms with van der Waals surface area (Å²) < 4.78 is 33.7. The van der Waals surface area contributed by atoms with Gasteiger partial charge in [-0.2, -0.15) is 16.9 Å². The average molecular weight is 477 g/mol. The van der Waals surface area contributed by atoms with Gasteiger partial charge in [0.1, 0.15) is 6.04 Å². The Balaban J connectivity index is 1.56. The molecule has 0 aliphatic carbocycles. The number of thiol groups is 1. The summed E-state index contributed by atoms with van der Waals surface area (Å²) in [5.74, 6) is -0.653. The predicted molar refractivity (Wildman–Crippen MR) is 125 cm³/mol. The molecule has 0 spiro atoms. The molecule has 2 aliphatic heterocycles. The molecule has 2 heterocycles.